The van der Waals surface area contributed by atoms with E-state index in [4.69, 9.17) is 4.42 Å². The normalized spacial score (nSPS) is 10.4. The van der Waals surface area contributed by atoms with Crippen molar-refractivity contribution in [3.63, 3.8) is 0 Å². The van der Waals surface area contributed by atoms with Crippen LogP contribution >= 0.6 is 0 Å². The number of rotatable bonds is 3. The van der Waals surface area contributed by atoms with Crippen molar-refractivity contribution in [3.05, 3.63) is 53.5 Å². The lowest BCUT2D eigenvalue weighted by Gasteiger charge is -2.06. The predicted octanol–water partition coefficient (Wildman–Crippen LogP) is 3.48. The molecule has 0 saturated heterocycles. The van der Waals surface area contributed by atoms with E-state index in [1.165, 1.54) is 18.2 Å². The Hall–Kier alpha value is -1.84. The number of anilines is 1. The van der Waals surface area contributed by atoms with Gasteiger partial charge in [-0.15, -0.1) is 0 Å². The SMILES string of the molecule is Cc1ccc(CNc2c(F)cccc2F)o1. The number of para-hydroxylation sites is 1. The van der Waals surface area contributed by atoms with E-state index in [9.17, 15) is 8.78 Å². The Morgan fingerprint density at radius 1 is 1.12 bits per heavy atom. The maximum Gasteiger partial charge on any atom is 0.149 e. The summed E-state index contributed by atoms with van der Waals surface area (Å²) in [6.07, 6.45) is 0. The van der Waals surface area contributed by atoms with Gasteiger partial charge in [0.25, 0.3) is 0 Å². The minimum Gasteiger partial charge on any atom is -0.465 e. The zero-order chi connectivity index (χ0) is 11.5. The van der Waals surface area contributed by atoms with Gasteiger partial charge in [0.1, 0.15) is 28.8 Å². The molecule has 1 aromatic carbocycles. The van der Waals surface area contributed by atoms with Gasteiger partial charge in [0.05, 0.1) is 6.54 Å². The molecule has 0 aliphatic carbocycles. The first-order chi connectivity index (χ1) is 7.66. The summed E-state index contributed by atoms with van der Waals surface area (Å²) in [6, 6.07) is 7.31. The van der Waals surface area contributed by atoms with Gasteiger partial charge in [-0.05, 0) is 31.2 Å². The summed E-state index contributed by atoms with van der Waals surface area (Å²) in [4.78, 5) is 0. The Balaban J connectivity index is 2.10. The van der Waals surface area contributed by atoms with Gasteiger partial charge in [-0.2, -0.15) is 0 Å². The van der Waals surface area contributed by atoms with Crippen molar-refractivity contribution in [1.29, 1.82) is 0 Å². The largest absolute Gasteiger partial charge is 0.465 e. The summed E-state index contributed by atoms with van der Waals surface area (Å²) in [5, 5.41) is 2.67. The summed E-state index contributed by atoms with van der Waals surface area (Å²) >= 11 is 0. The molecule has 0 amide bonds. The van der Waals surface area contributed by atoms with Crippen LogP contribution in [-0.2, 0) is 6.54 Å². The van der Waals surface area contributed by atoms with Crippen LogP contribution in [-0.4, -0.2) is 0 Å². The molecule has 0 saturated carbocycles. The van der Waals surface area contributed by atoms with Gasteiger partial charge < -0.3 is 9.73 Å². The Morgan fingerprint density at radius 2 is 1.81 bits per heavy atom. The van der Waals surface area contributed by atoms with Crippen LogP contribution in [0.2, 0.25) is 0 Å². The molecule has 4 heteroatoms. The summed E-state index contributed by atoms with van der Waals surface area (Å²) in [6.45, 7) is 2.07. The second-order valence-corrected chi connectivity index (χ2v) is 3.46. The highest BCUT2D eigenvalue weighted by molar-refractivity contribution is 5.46. The van der Waals surface area contributed by atoms with Crippen LogP contribution in [0.4, 0.5) is 14.5 Å². The van der Waals surface area contributed by atoms with Crippen molar-refractivity contribution >= 4 is 5.69 Å². The highest BCUT2D eigenvalue weighted by Crippen LogP contribution is 2.19. The molecule has 1 aromatic heterocycles. The third kappa shape index (κ3) is 2.21. The van der Waals surface area contributed by atoms with Crippen molar-refractivity contribution in [2.24, 2.45) is 0 Å². The highest BCUT2D eigenvalue weighted by atomic mass is 19.1. The van der Waals surface area contributed by atoms with Gasteiger partial charge in [-0.3, -0.25) is 0 Å². The van der Waals surface area contributed by atoms with E-state index in [1.807, 2.05) is 6.92 Å². The zero-order valence-electron chi connectivity index (χ0n) is 8.76. The Morgan fingerprint density at radius 3 is 2.38 bits per heavy atom. The predicted molar refractivity (Wildman–Crippen MR) is 57.1 cm³/mol. The second-order valence-electron chi connectivity index (χ2n) is 3.46. The Labute approximate surface area is 91.9 Å². The lowest BCUT2D eigenvalue weighted by atomic mass is 10.3. The van der Waals surface area contributed by atoms with Gasteiger partial charge in [0.15, 0.2) is 0 Å². The maximum atomic E-state index is 13.2. The highest BCUT2D eigenvalue weighted by Gasteiger charge is 2.08. The molecule has 0 atom stereocenters. The molecule has 2 rings (SSSR count). The molecule has 0 bridgehead atoms. The molecule has 1 N–H and O–H groups in total. The van der Waals surface area contributed by atoms with Crippen LogP contribution in [0.25, 0.3) is 0 Å². The molecule has 0 aliphatic heterocycles. The van der Waals surface area contributed by atoms with Crippen molar-refractivity contribution in [2.45, 2.75) is 13.5 Å². The molecule has 0 aliphatic rings. The molecular weight excluding hydrogens is 212 g/mol. The molecule has 1 heterocycles. The van der Waals surface area contributed by atoms with E-state index in [0.717, 1.165) is 5.76 Å². The summed E-state index contributed by atoms with van der Waals surface area (Å²) in [5.41, 5.74) is -0.128. The minimum absolute atomic E-state index is 0.128. The number of aryl methyl sites for hydroxylation is 1. The van der Waals surface area contributed by atoms with E-state index >= 15 is 0 Å². The molecule has 0 spiro atoms. The minimum atomic E-state index is -0.608. The van der Waals surface area contributed by atoms with Crippen LogP contribution < -0.4 is 5.32 Å². The van der Waals surface area contributed by atoms with E-state index in [-0.39, 0.29) is 12.2 Å². The third-order valence-electron chi connectivity index (χ3n) is 2.20. The fraction of sp³-hybridized carbons (Fsp3) is 0.167. The number of hydrogen-bond acceptors (Lipinski definition) is 2. The summed E-state index contributed by atoms with van der Waals surface area (Å²) in [5.74, 6) is 0.192. The Kier molecular flexibility index (Phi) is 2.90. The van der Waals surface area contributed by atoms with Crippen LogP contribution in [0.1, 0.15) is 11.5 Å². The fourth-order valence-electron chi connectivity index (χ4n) is 1.42. The van der Waals surface area contributed by atoms with Gasteiger partial charge in [0.2, 0.25) is 0 Å². The molecule has 0 fully saturated rings. The quantitative estimate of drug-likeness (QED) is 0.861. The number of hydrogen-bond donors (Lipinski definition) is 1. The number of halogens is 2. The standard InChI is InChI=1S/C12H11F2NO/c1-8-5-6-9(16-8)7-15-12-10(13)3-2-4-11(12)14/h2-6,15H,7H2,1H3. The first-order valence-corrected chi connectivity index (χ1v) is 4.90. The molecule has 0 unspecified atom stereocenters. The number of furan rings is 1. The van der Waals surface area contributed by atoms with Crippen LogP contribution in [0.5, 0.6) is 0 Å². The van der Waals surface area contributed by atoms with Gasteiger partial charge in [0, 0.05) is 0 Å². The van der Waals surface area contributed by atoms with Crippen molar-refractivity contribution in [3.8, 4) is 0 Å². The molecule has 2 aromatic rings. The molecule has 16 heavy (non-hydrogen) atoms. The van der Waals surface area contributed by atoms with E-state index in [0.29, 0.717) is 5.76 Å². The smallest absolute Gasteiger partial charge is 0.149 e. The van der Waals surface area contributed by atoms with Crippen molar-refractivity contribution in [1.82, 2.24) is 0 Å². The number of nitrogens with one attached hydrogen (secondary N) is 1. The molecule has 2 nitrogen and oxygen atoms in total. The topological polar surface area (TPSA) is 25.2 Å². The van der Waals surface area contributed by atoms with Gasteiger partial charge in [-0.1, -0.05) is 6.07 Å². The van der Waals surface area contributed by atoms with E-state index in [2.05, 4.69) is 5.32 Å². The maximum absolute atomic E-state index is 13.2. The number of benzene rings is 1. The third-order valence-corrected chi connectivity index (χ3v) is 2.20. The summed E-state index contributed by atoms with van der Waals surface area (Å²) < 4.78 is 31.7. The average Bonchev–Trinajstić information content (AvgIpc) is 2.63. The monoisotopic (exact) mass is 223 g/mol. The zero-order valence-corrected chi connectivity index (χ0v) is 8.76. The lowest BCUT2D eigenvalue weighted by molar-refractivity contribution is 0.489. The Bertz CT molecular complexity index is 473. The average molecular weight is 223 g/mol. The van der Waals surface area contributed by atoms with Crippen molar-refractivity contribution in [2.75, 3.05) is 5.32 Å². The van der Waals surface area contributed by atoms with E-state index in [1.54, 1.807) is 12.1 Å². The van der Waals surface area contributed by atoms with Crippen molar-refractivity contribution < 1.29 is 13.2 Å². The molecule has 84 valence electrons. The fourth-order valence-corrected chi connectivity index (χ4v) is 1.42. The van der Waals surface area contributed by atoms with Crippen LogP contribution in [0.15, 0.2) is 34.7 Å². The second kappa shape index (κ2) is 4.35. The first-order valence-electron chi connectivity index (χ1n) is 4.90. The van der Waals surface area contributed by atoms with Gasteiger partial charge >= 0.3 is 0 Å². The van der Waals surface area contributed by atoms with E-state index < -0.39 is 11.6 Å². The van der Waals surface area contributed by atoms with Gasteiger partial charge in [-0.25, -0.2) is 8.78 Å². The molecular formula is C12H11F2NO. The first kappa shape index (κ1) is 10.7. The lowest BCUT2D eigenvalue weighted by Crippen LogP contribution is -2.02. The molecule has 0 radical (unpaired) electrons. The van der Waals surface area contributed by atoms with Crippen LogP contribution in [0, 0.1) is 18.6 Å². The van der Waals surface area contributed by atoms with Crippen LogP contribution in [0.3, 0.4) is 0 Å². The summed E-state index contributed by atoms with van der Waals surface area (Å²) in [7, 11) is 0.